The summed E-state index contributed by atoms with van der Waals surface area (Å²) < 4.78 is 21.5. The number of nitrogens with one attached hydrogen (secondary N) is 1. The third kappa shape index (κ3) is 6.34. The van der Waals surface area contributed by atoms with E-state index in [9.17, 15) is 9.59 Å². The van der Waals surface area contributed by atoms with Crippen LogP contribution in [0.3, 0.4) is 0 Å². The van der Waals surface area contributed by atoms with Gasteiger partial charge in [0, 0.05) is 18.2 Å². The van der Waals surface area contributed by atoms with Gasteiger partial charge in [-0.1, -0.05) is 11.6 Å². The number of amides is 1. The first-order valence-corrected chi connectivity index (χ1v) is 10.3. The summed E-state index contributed by atoms with van der Waals surface area (Å²) in [6.07, 6.45) is 0. The fraction of sp³-hybridized carbons (Fsp3) is 0.364. The van der Waals surface area contributed by atoms with E-state index in [0.29, 0.717) is 35.4 Å². The summed E-state index contributed by atoms with van der Waals surface area (Å²) in [6.45, 7) is 5.87. The van der Waals surface area contributed by atoms with Gasteiger partial charge in [-0.15, -0.1) is 0 Å². The van der Waals surface area contributed by atoms with Gasteiger partial charge < -0.3 is 24.3 Å². The van der Waals surface area contributed by atoms with E-state index in [1.807, 2.05) is 13.8 Å². The van der Waals surface area contributed by atoms with Crippen molar-refractivity contribution in [1.82, 2.24) is 0 Å². The number of carbonyl (C=O) groups is 2. The van der Waals surface area contributed by atoms with Gasteiger partial charge in [-0.05, 0) is 32.9 Å². The van der Waals surface area contributed by atoms with Crippen molar-refractivity contribution in [2.45, 2.75) is 26.8 Å². The molecule has 0 bridgehead atoms. The van der Waals surface area contributed by atoms with Gasteiger partial charge in [0.1, 0.15) is 11.5 Å². The van der Waals surface area contributed by atoms with E-state index in [2.05, 4.69) is 15.5 Å². The van der Waals surface area contributed by atoms with Crippen LogP contribution in [0.5, 0.6) is 23.0 Å². The Hall–Kier alpha value is -3.33. The minimum absolute atomic E-state index is 0.221. The zero-order chi connectivity index (χ0) is 23.7. The van der Waals surface area contributed by atoms with Crippen LogP contribution in [0.2, 0.25) is 5.02 Å². The number of hydrogen-bond donors (Lipinski definition) is 1. The predicted octanol–water partition coefficient (Wildman–Crippen LogP) is 4.83. The molecule has 0 radical (unpaired) electrons. The molecule has 0 saturated heterocycles. The number of Topliss-reactive ketones (excluding diaryl/α,β-unsaturated/α-hetero) is 1. The van der Waals surface area contributed by atoms with E-state index in [1.54, 1.807) is 18.2 Å². The van der Waals surface area contributed by atoms with E-state index < -0.39 is 17.7 Å². The van der Waals surface area contributed by atoms with Gasteiger partial charge in [-0.3, -0.25) is 9.59 Å². The average Bonchev–Trinajstić information content (AvgIpc) is 2.75. The maximum atomic E-state index is 12.8. The van der Waals surface area contributed by atoms with Crippen LogP contribution in [0.1, 0.15) is 20.8 Å². The highest BCUT2D eigenvalue weighted by molar-refractivity contribution is 6.32. The molecule has 2 rings (SSSR count). The van der Waals surface area contributed by atoms with E-state index in [4.69, 9.17) is 30.5 Å². The van der Waals surface area contributed by atoms with Crippen LogP contribution in [0.25, 0.3) is 0 Å². The molecule has 9 nitrogen and oxygen atoms in total. The van der Waals surface area contributed by atoms with Crippen molar-refractivity contribution in [2.24, 2.45) is 10.2 Å². The normalized spacial score (nSPS) is 11.7. The van der Waals surface area contributed by atoms with E-state index >= 15 is 0 Å². The third-order valence-corrected chi connectivity index (χ3v) is 4.44. The highest BCUT2D eigenvalue weighted by Gasteiger charge is 2.25. The van der Waals surface area contributed by atoms with E-state index in [0.717, 1.165) is 0 Å². The third-order valence-electron chi connectivity index (χ3n) is 4.14. The van der Waals surface area contributed by atoms with Crippen molar-refractivity contribution in [1.29, 1.82) is 0 Å². The zero-order valence-corrected chi connectivity index (χ0v) is 19.4. The predicted molar refractivity (Wildman–Crippen MR) is 121 cm³/mol. The lowest BCUT2D eigenvalue weighted by Crippen LogP contribution is -2.32. The molecule has 0 fully saturated rings. The number of halogens is 1. The first-order valence-electron chi connectivity index (χ1n) is 9.87. The van der Waals surface area contributed by atoms with Gasteiger partial charge in [0.25, 0.3) is 5.91 Å². The van der Waals surface area contributed by atoms with Gasteiger partial charge in [0.2, 0.25) is 6.04 Å². The number of ether oxygens (including phenoxy) is 4. The van der Waals surface area contributed by atoms with Gasteiger partial charge in [-0.2, -0.15) is 10.2 Å². The molecule has 1 N–H and O–H groups in total. The van der Waals surface area contributed by atoms with Gasteiger partial charge in [0.15, 0.2) is 17.3 Å². The van der Waals surface area contributed by atoms with Crippen molar-refractivity contribution in [3.63, 3.8) is 0 Å². The van der Waals surface area contributed by atoms with Crippen LogP contribution in [0.15, 0.2) is 40.6 Å². The highest BCUT2D eigenvalue weighted by atomic mass is 35.5. The van der Waals surface area contributed by atoms with Crippen LogP contribution < -0.4 is 24.3 Å². The second-order valence-electron chi connectivity index (χ2n) is 6.41. The minimum Gasteiger partial charge on any atom is -0.494 e. The number of carbonyl (C=O) groups excluding carboxylic acids is 2. The summed E-state index contributed by atoms with van der Waals surface area (Å²) in [7, 11) is 2.84. The van der Waals surface area contributed by atoms with Crippen LogP contribution in [0, 0.1) is 0 Å². The monoisotopic (exact) mass is 463 g/mol. The Morgan fingerprint density at radius 1 is 1.00 bits per heavy atom. The number of rotatable bonds is 11. The van der Waals surface area contributed by atoms with Crippen LogP contribution in [-0.4, -0.2) is 45.2 Å². The molecule has 1 atom stereocenters. The molecule has 0 aliphatic rings. The Bertz CT molecular complexity index is 972. The summed E-state index contributed by atoms with van der Waals surface area (Å²) in [6, 6.07) is 6.69. The van der Waals surface area contributed by atoms with Gasteiger partial charge in [0.05, 0.1) is 43.8 Å². The fourth-order valence-corrected chi connectivity index (χ4v) is 3.01. The van der Waals surface area contributed by atoms with E-state index in [-0.39, 0.29) is 17.2 Å². The molecular formula is C22H26ClN3O6. The highest BCUT2D eigenvalue weighted by Crippen LogP contribution is 2.40. The Balaban J connectivity index is 2.31. The maximum absolute atomic E-state index is 12.8. The SMILES string of the molecule is CCOc1cc(N=NC(C(C)=O)C(=O)Nc2ccc(Cl)c(OC)c2OC)cc(OCC)c1. The molecule has 10 heteroatoms. The Morgan fingerprint density at radius 2 is 1.59 bits per heavy atom. The molecule has 1 amide bonds. The first kappa shape index (κ1) is 24.9. The Labute approximate surface area is 191 Å². The summed E-state index contributed by atoms with van der Waals surface area (Å²) in [5.41, 5.74) is 0.654. The lowest BCUT2D eigenvalue weighted by molar-refractivity contribution is -0.126. The smallest absolute Gasteiger partial charge is 0.258 e. The molecule has 2 aromatic rings. The quantitative estimate of drug-likeness (QED) is 0.377. The van der Waals surface area contributed by atoms with Crippen LogP contribution in [0.4, 0.5) is 11.4 Å². The summed E-state index contributed by atoms with van der Waals surface area (Å²) >= 11 is 6.09. The lowest BCUT2D eigenvalue weighted by atomic mass is 10.2. The van der Waals surface area contributed by atoms with Crippen molar-refractivity contribution < 1.29 is 28.5 Å². The Kier molecular flexibility index (Phi) is 9.27. The standard InChI is InChI=1S/C22H26ClN3O6/c1-6-31-15-10-14(11-16(12-15)32-7-2)25-26-19(13(3)27)22(28)24-18-9-8-17(23)20(29-4)21(18)30-5/h8-12,19H,6-7H2,1-5H3,(H,24,28). The topological polar surface area (TPSA) is 108 Å². The lowest BCUT2D eigenvalue weighted by Gasteiger charge is -2.16. The van der Waals surface area contributed by atoms with Crippen molar-refractivity contribution in [3.8, 4) is 23.0 Å². The minimum atomic E-state index is -1.38. The first-order chi connectivity index (χ1) is 15.3. The molecule has 0 spiro atoms. The number of anilines is 1. The summed E-state index contributed by atoms with van der Waals surface area (Å²) in [5.74, 6) is 0.373. The number of nitrogens with zero attached hydrogens (tertiary/aromatic N) is 2. The molecular weight excluding hydrogens is 438 g/mol. The van der Waals surface area contributed by atoms with Crippen molar-refractivity contribution in [3.05, 3.63) is 35.4 Å². The maximum Gasteiger partial charge on any atom is 0.258 e. The molecule has 0 aliphatic heterocycles. The molecule has 0 heterocycles. The van der Waals surface area contributed by atoms with Crippen LogP contribution >= 0.6 is 11.6 Å². The Morgan fingerprint density at radius 3 is 2.09 bits per heavy atom. The average molecular weight is 464 g/mol. The van der Waals surface area contributed by atoms with Crippen LogP contribution in [-0.2, 0) is 9.59 Å². The molecule has 0 aliphatic carbocycles. The number of hydrogen-bond acceptors (Lipinski definition) is 8. The van der Waals surface area contributed by atoms with Gasteiger partial charge >= 0.3 is 0 Å². The molecule has 1 unspecified atom stereocenters. The van der Waals surface area contributed by atoms with Crippen molar-refractivity contribution in [2.75, 3.05) is 32.8 Å². The second-order valence-corrected chi connectivity index (χ2v) is 6.82. The van der Waals surface area contributed by atoms with Crippen molar-refractivity contribution >= 4 is 34.7 Å². The molecule has 2 aromatic carbocycles. The number of benzene rings is 2. The van der Waals surface area contributed by atoms with E-state index in [1.165, 1.54) is 33.3 Å². The number of ketones is 1. The molecule has 172 valence electrons. The molecule has 0 aromatic heterocycles. The number of azo groups is 1. The molecule has 0 saturated carbocycles. The molecule has 32 heavy (non-hydrogen) atoms. The number of methoxy groups -OCH3 is 2. The van der Waals surface area contributed by atoms with Gasteiger partial charge in [-0.25, -0.2) is 0 Å². The fourth-order valence-electron chi connectivity index (χ4n) is 2.79. The second kappa shape index (κ2) is 11.9. The summed E-state index contributed by atoms with van der Waals surface area (Å²) in [4.78, 5) is 24.9. The summed E-state index contributed by atoms with van der Waals surface area (Å²) in [5, 5.41) is 11.0. The largest absolute Gasteiger partial charge is 0.494 e. The zero-order valence-electron chi connectivity index (χ0n) is 18.6.